The first-order chi connectivity index (χ1) is 19.1. The molecule has 4 rings (SSSR count). The number of rotatable bonds is 11. The van der Waals surface area contributed by atoms with Gasteiger partial charge in [-0.2, -0.15) is 4.58 Å². The summed E-state index contributed by atoms with van der Waals surface area (Å²) in [5.41, 5.74) is 8.29. The molecule has 2 aromatic rings. The third kappa shape index (κ3) is 9.28. The van der Waals surface area contributed by atoms with Gasteiger partial charge in [-0.15, -0.1) is 0 Å². The number of quaternary nitrogens is 2. The molecule has 2 heterocycles. The second-order valence-corrected chi connectivity index (χ2v) is 15.0. The van der Waals surface area contributed by atoms with Gasteiger partial charge in [-0.05, 0) is 31.6 Å². The van der Waals surface area contributed by atoms with E-state index in [1.54, 1.807) is 0 Å². The summed E-state index contributed by atoms with van der Waals surface area (Å²) in [5, 5.41) is 0. The van der Waals surface area contributed by atoms with Gasteiger partial charge in [0, 0.05) is 47.5 Å². The summed E-state index contributed by atoms with van der Waals surface area (Å²) < 4.78 is 4.54. The van der Waals surface area contributed by atoms with Crippen molar-refractivity contribution in [2.45, 2.75) is 51.4 Å². The Labute approximate surface area is 300 Å². The van der Waals surface area contributed by atoms with Gasteiger partial charge >= 0.3 is 0 Å². The quantitative estimate of drug-likeness (QED) is 0.146. The molecule has 4 nitrogen and oxygen atoms in total. The van der Waals surface area contributed by atoms with E-state index in [0.717, 1.165) is 48.0 Å². The fourth-order valence-corrected chi connectivity index (χ4v) is 6.53. The first-order valence-electron chi connectivity index (χ1n) is 15.4. The van der Waals surface area contributed by atoms with E-state index >= 15 is 0 Å². The second kappa shape index (κ2) is 15.9. The van der Waals surface area contributed by atoms with Crippen molar-refractivity contribution in [3.8, 4) is 0 Å². The molecule has 0 atom stereocenters. The van der Waals surface area contributed by atoms with E-state index in [-0.39, 0.29) is 61.8 Å². The highest BCUT2D eigenvalue weighted by Crippen LogP contribution is 2.47. The number of benzene rings is 2. The molecule has 0 bridgehead atoms. The maximum absolute atomic E-state index is 2.56. The van der Waals surface area contributed by atoms with Gasteiger partial charge in [-0.25, -0.2) is 0 Å². The summed E-state index contributed by atoms with van der Waals surface area (Å²) in [6, 6.07) is 17.9. The smallest absolute Gasteiger partial charge is 0.209 e. The van der Waals surface area contributed by atoms with Crippen LogP contribution < -0.4 is 55.8 Å². The molecule has 0 spiro atoms. The topological polar surface area (TPSA) is 6.25 Å². The number of anilines is 1. The third-order valence-corrected chi connectivity index (χ3v) is 8.75. The average molecular weight is 796 g/mol. The van der Waals surface area contributed by atoms with Crippen LogP contribution in [0.4, 0.5) is 11.4 Å². The average Bonchev–Trinajstić information content (AvgIpc) is 3.22. The Balaban J connectivity index is 0.00000323. The van der Waals surface area contributed by atoms with Crippen molar-refractivity contribution in [2.75, 3.05) is 73.4 Å². The van der Waals surface area contributed by atoms with Crippen LogP contribution in [0.3, 0.4) is 0 Å². The van der Waals surface area contributed by atoms with Crippen LogP contribution in [0, 0.1) is 0 Å². The zero-order chi connectivity index (χ0) is 30.1. The molecule has 2 aromatic carbocycles. The first-order valence-corrected chi connectivity index (χ1v) is 15.4. The van der Waals surface area contributed by atoms with Crippen LogP contribution in [-0.4, -0.2) is 87.7 Å². The van der Waals surface area contributed by atoms with E-state index in [9.17, 15) is 0 Å². The van der Waals surface area contributed by atoms with Gasteiger partial charge in [0.1, 0.15) is 0 Å². The molecule has 0 aliphatic carbocycles. The highest BCUT2D eigenvalue weighted by Gasteiger charge is 2.44. The fourth-order valence-electron chi connectivity index (χ4n) is 6.53. The number of halogens is 3. The van der Waals surface area contributed by atoms with Crippen LogP contribution in [0.15, 0.2) is 84.6 Å². The third-order valence-electron chi connectivity index (χ3n) is 8.75. The summed E-state index contributed by atoms with van der Waals surface area (Å²) >= 11 is 0. The van der Waals surface area contributed by atoms with Crippen molar-refractivity contribution in [1.82, 2.24) is 0 Å². The second-order valence-electron chi connectivity index (χ2n) is 15.0. The molecule has 44 heavy (non-hydrogen) atoms. The van der Waals surface area contributed by atoms with Gasteiger partial charge in [0.15, 0.2) is 12.3 Å². The number of hydrogen-bond acceptors (Lipinski definition) is 1. The SMILES string of the molecule is CC1(C)C(/C=C/C=C/C=C2/N(CCC[N+](C)(C)C)c3ccccc3C2(C)C)=[N+](CCC[N+](C)(C)C)c2ccccc21.[Br-].[Br-].[Br-]. The highest BCUT2D eigenvalue weighted by molar-refractivity contribution is 6.03. The maximum Gasteiger partial charge on any atom is 0.209 e. The molecule has 0 radical (unpaired) electrons. The monoisotopic (exact) mass is 792 g/mol. The lowest BCUT2D eigenvalue weighted by Gasteiger charge is -2.29. The van der Waals surface area contributed by atoms with Gasteiger partial charge in [0.2, 0.25) is 5.69 Å². The fraction of sp³-hybridized carbons (Fsp3) is 0.486. The molecule has 0 amide bonds. The van der Waals surface area contributed by atoms with E-state index in [0.29, 0.717) is 0 Å². The van der Waals surface area contributed by atoms with E-state index in [1.165, 1.54) is 33.9 Å². The van der Waals surface area contributed by atoms with Crippen molar-refractivity contribution in [3.05, 3.63) is 95.7 Å². The molecule has 0 unspecified atom stereocenters. The minimum atomic E-state index is -0.0204. The van der Waals surface area contributed by atoms with Crippen LogP contribution in [0.1, 0.15) is 51.7 Å². The standard InChI is InChI=1S/C37H55N4.3BrH/c1-36(2)30-20-14-16-22-32(30)38(26-18-28-40(5,6)7)34(36)24-12-11-13-25-35-37(3,4)31-21-15-17-23-33(31)39(35)27-19-29-41(8,9)10;;;/h11-17,20-25H,18-19,26-29H2,1-10H3;3*1H/q+3;;;/p-3. The maximum atomic E-state index is 2.56. The Bertz CT molecular complexity index is 1370. The molecule has 0 N–H and O–H groups in total. The Kier molecular flexibility index (Phi) is 14.6. The molecular weight excluding hydrogens is 740 g/mol. The van der Waals surface area contributed by atoms with Crippen LogP contribution >= 0.6 is 0 Å². The Hall–Kier alpha value is -1.51. The Morgan fingerprint density at radius 1 is 0.682 bits per heavy atom. The minimum absolute atomic E-state index is 0. The van der Waals surface area contributed by atoms with Crippen molar-refractivity contribution >= 4 is 17.1 Å². The van der Waals surface area contributed by atoms with Crippen LogP contribution in [-0.2, 0) is 10.8 Å². The van der Waals surface area contributed by atoms with E-state index < -0.39 is 0 Å². The number of nitrogens with zero attached hydrogens (tertiary/aromatic N) is 4. The summed E-state index contributed by atoms with van der Waals surface area (Å²) in [6.07, 6.45) is 13.7. The molecular formula is C37H55Br3N4. The van der Waals surface area contributed by atoms with Crippen molar-refractivity contribution in [2.24, 2.45) is 0 Å². The highest BCUT2D eigenvalue weighted by atomic mass is 79.9. The van der Waals surface area contributed by atoms with Gasteiger partial charge in [-0.3, -0.25) is 0 Å². The molecule has 0 aromatic heterocycles. The molecule has 2 aliphatic heterocycles. The predicted molar refractivity (Wildman–Crippen MR) is 177 cm³/mol. The first kappa shape index (κ1) is 40.5. The summed E-state index contributed by atoms with van der Waals surface area (Å²) in [7, 11) is 13.7. The molecule has 0 saturated heterocycles. The van der Waals surface area contributed by atoms with Gasteiger partial charge in [-0.1, -0.05) is 68.5 Å². The van der Waals surface area contributed by atoms with Crippen molar-refractivity contribution in [1.29, 1.82) is 0 Å². The molecule has 2 aliphatic rings. The molecule has 0 fully saturated rings. The summed E-state index contributed by atoms with van der Waals surface area (Å²) in [4.78, 5) is 2.56. The van der Waals surface area contributed by atoms with Gasteiger partial charge in [0.25, 0.3) is 0 Å². The van der Waals surface area contributed by atoms with Crippen LogP contribution in [0.25, 0.3) is 0 Å². The molecule has 244 valence electrons. The van der Waals surface area contributed by atoms with Crippen molar-refractivity contribution < 1.29 is 64.5 Å². The van der Waals surface area contributed by atoms with E-state index in [2.05, 4.69) is 158 Å². The number of hydrogen-bond donors (Lipinski definition) is 0. The molecule has 7 heteroatoms. The summed E-state index contributed by atoms with van der Waals surface area (Å²) in [5.74, 6) is 0. The largest absolute Gasteiger partial charge is 1.00 e. The van der Waals surface area contributed by atoms with Crippen LogP contribution in [0.5, 0.6) is 0 Å². The number of allylic oxidation sites excluding steroid dienone is 6. The number of fused-ring (bicyclic) bond motifs is 2. The van der Waals surface area contributed by atoms with Gasteiger partial charge < -0.3 is 64.8 Å². The normalized spacial score (nSPS) is 17.9. The Morgan fingerprint density at radius 2 is 1.25 bits per heavy atom. The zero-order valence-electron chi connectivity index (χ0n) is 28.7. The van der Waals surface area contributed by atoms with E-state index in [4.69, 9.17) is 0 Å². The Morgan fingerprint density at radius 3 is 1.89 bits per heavy atom. The van der Waals surface area contributed by atoms with Crippen molar-refractivity contribution in [3.63, 3.8) is 0 Å². The van der Waals surface area contributed by atoms with Gasteiger partial charge in [0.05, 0.1) is 67.2 Å². The van der Waals surface area contributed by atoms with E-state index in [1.807, 2.05) is 0 Å². The van der Waals surface area contributed by atoms with Crippen LogP contribution in [0.2, 0.25) is 0 Å². The summed E-state index contributed by atoms with van der Waals surface area (Å²) in [6.45, 7) is 13.9. The zero-order valence-corrected chi connectivity index (χ0v) is 33.4. The lowest BCUT2D eigenvalue weighted by atomic mass is 9.81. The minimum Gasteiger partial charge on any atom is -1.00 e. The molecule has 0 saturated carbocycles. The lowest BCUT2D eigenvalue weighted by Crippen LogP contribution is -3.00. The predicted octanol–water partition coefficient (Wildman–Crippen LogP) is -1.94. The number of para-hydroxylation sites is 2. The lowest BCUT2D eigenvalue weighted by molar-refractivity contribution is -0.871.